The molecule has 0 unspecified atom stereocenters. The van der Waals surface area contributed by atoms with Crippen LogP contribution >= 0.6 is 11.3 Å². The number of aromatic nitrogens is 1. The summed E-state index contributed by atoms with van der Waals surface area (Å²) in [6.07, 6.45) is 3.96. The van der Waals surface area contributed by atoms with Crippen molar-refractivity contribution in [1.29, 1.82) is 0 Å². The Kier molecular flexibility index (Phi) is 4.53. The van der Waals surface area contributed by atoms with Gasteiger partial charge in [0.2, 0.25) is 5.52 Å². The highest BCUT2D eigenvalue weighted by atomic mass is 32.1. The summed E-state index contributed by atoms with van der Waals surface area (Å²) >= 11 is 1.76. The summed E-state index contributed by atoms with van der Waals surface area (Å²) in [4.78, 5) is 11.7. The van der Waals surface area contributed by atoms with Crippen LogP contribution in [0.2, 0.25) is 0 Å². The zero-order valence-electron chi connectivity index (χ0n) is 13.2. The fraction of sp³-hybridized carbons (Fsp3) is 0.158. The van der Waals surface area contributed by atoms with Gasteiger partial charge in [-0.25, -0.2) is 0 Å². The molecule has 0 aliphatic heterocycles. The van der Waals surface area contributed by atoms with E-state index in [1.165, 1.54) is 15.2 Å². The average Bonchev–Trinajstić information content (AvgIpc) is 2.92. The molecule has 0 saturated heterocycles. The third kappa shape index (κ3) is 3.17. The van der Waals surface area contributed by atoms with Crippen molar-refractivity contribution in [3.63, 3.8) is 0 Å². The molecule has 3 rings (SSSR count). The Labute approximate surface area is 139 Å². The SMILES string of the molecule is CC[n+]1c(/C=C/Nc2ccccc2C(C)=O)sc2ccccc21. The van der Waals surface area contributed by atoms with Gasteiger partial charge in [-0.1, -0.05) is 35.6 Å². The van der Waals surface area contributed by atoms with Crippen molar-refractivity contribution in [3.05, 3.63) is 65.3 Å². The molecule has 1 aromatic heterocycles. The van der Waals surface area contributed by atoms with E-state index in [0.29, 0.717) is 5.56 Å². The van der Waals surface area contributed by atoms with Crippen LogP contribution in [0.25, 0.3) is 16.3 Å². The van der Waals surface area contributed by atoms with Gasteiger partial charge in [-0.15, -0.1) is 0 Å². The van der Waals surface area contributed by atoms with Crippen LogP contribution in [-0.2, 0) is 6.54 Å². The first-order chi connectivity index (χ1) is 11.2. The van der Waals surface area contributed by atoms with Crippen molar-refractivity contribution in [2.24, 2.45) is 0 Å². The minimum atomic E-state index is 0.0620. The molecular formula is C19H19N2OS+. The number of benzene rings is 2. The Bertz CT molecular complexity index is 880. The number of hydrogen-bond acceptors (Lipinski definition) is 3. The summed E-state index contributed by atoms with van der Waals surface area (Å²) in [5.74, 6) is 0.0620. The highest BCUT2D eigenvalue weighted by Gasteiger charge is 2.15. The molecule has 0 atom stereocenters. The van der Waals surface area contributed by atoms with E-state index in [9.17, 15) is 4.79 Å². The van der Waals surface area contributed by atoms with E-state index in [2.05, 4.69) is 47.1 Å². The largest absolute Gasteiger partial charge is 0.361 e. The molecule has 0 fully saturated rings. The first-order valence-corrected chi connectivity index (χ1v) is 8.46. The number of carbonyl (C=O) groups excluding carboxylic acids is 1. The molecule has 0 amide bonds. The van der Waals surface area contributed by atoms with Gasteiger partial charge in [0.05, 0.1) is 0 Å². The lowest BCUT2D eigenvalue weighted by atomic mass is 10.1. The van der Waals surface area contributed by atoms with Gasteiger partial charge in [0.15, 0.2) is 5.78 Å². The molecule has 116 valence electrons. The second-order valence-electron chi connectivity index (χ2n) is 5.23. The number of rotatable bonds is 5. The first kappa shape index (κ1) is 15.4. The molecule has 4 heteroatoms. The zero-order chi connectivity index (χ0) is 16.2. The predicted molar refractivity (Wildman–Crippen MR) is 96.8 cm³/mol. The predicted octanol–water partition coefficient (Wildman–Crippen LogP) is 4.49. The number of fused-ring (bicyclic) bond motifs is 1. The monoisotopic (exact) mass is 323 g/mol. The van der Waals surface area contributed by atoms with E-state index in [-0.39, 0.29) is 5.78 Å². The van der Waals surface area contributed by atoms with Gasteiger partial charge in [0.25, 0.3) is 5.01 Å². The molecule has 1 N–H and O–H groups in total. The molecule has 3 aromatic rings. The molecule has 1 heterocycles. The Morgan fingerprint density at radius 1 is 1.17 bits per heavy atom. The second kappa shape index (κ2) is 6.75. The van der Waals surface area contributed by atoms with Gasteiger partial charge in [-0.05, 0) is 32.0 Å². The summed E-state index contributed by atoms with van der Waals surface area (Å²) in [6.45, 7) is 4.66. The van der Waals surface area contributed by atoms with Gasteiger partial charge in [0.1, 0.15) is 11.2 Å². The first-order valence-electron chi connectivity index (χ1n) is 7.65. The maximum Gasteiger partial charge on any atom is 0.264 e. The number of anilines is 1. The molecule has 3 nitrogen and oxygen atoms in total. The van der Waals surface area contributed by atoms with Gasteiger partial charge < -0.3 is 5.32 Å². The summed E-state index contributed by atoms with van der Waals surface area (Å²) in [5, 5.41) is 4.41. The van der Waals surface area contributed by atoms with E-state index in [4.69, 9.17) is 0 Å². The summed E-state index contributed by atoms with van der Waals surface area (Å²) < 4.78 is 3.56. The normalized spacial score (nSPS) is 11.2. The van der Waals surface area contributed by atoms with Crippen LogP contribution in [0.5, 0.6) is 0 Å². The van der Waals surface area contributed by atoms with Gasteiger partial charge >= 0.3 is 0 Å². The third-order valence-corrected chi connectivity index (χ3v) is 4.85. The van der Waals surface area contributed by atoms with Crippen molar-refractivity contribution in [2.45, 2.75) is 20.4 Å². The molecular weight excluding hydrogens is 304 g/mol. The summed E-state index contributed by atoms with van der Waals surface area (Å²) in [5.41, 5.74) is 2.79. The second-order valence-corrected chi connectivity index (χ2v) is 6.29. The van der Waals surface area contributed by atoms with Gasteiger partial charge in [0, 0.05) is 29.6 Å². The van der Waals surface area contributed by atoms with Crippen molar-refractivity contribution in [2.75, 3.05) is 5.32 Å². The van der Waals surface area contributed by atoms with Crippen molar-refractivity contribution in [3.8, 4) is 0 Å². The topological polar surface area (TPSA) is 33.0 Å². The lowest BCUT2D eigenvalue weighted by Crippen LogP contribution is -2.33. The van der Waals surface area contributed by atoms with E-state index < -0.39 is 0 Å². The minimum Gasteiger partial charge on any atom is -0.361 e. The van der Waals surface area contributed by atoms with Crippen molar-refractivity contribution < 1.29 is 9.36 Å². The highest BCUT2D eigenvalue weighted by molar-refractivity contribution is 7.18. The van der Waals surface area contributed by atoms with Crippen LogP contribution < -0.4 is 9.88 Å². The lowest BCUT2D eigenvalue weighted by Gasteiger charge is -2.05. The zero-order valence-corrected chi connectivity index (χ0v) is 14.1. The van der Waals surface area contributed by atoms with Crippen LogP contribution in [0, 0.1) is 0 Å². The van der Waals surface area contributed by atoms with Crippen molar-refractivity contribution in [1.82, 2.24) is 0 Å². The molecule has 0 spiro atoms. The number of hydrogen-bond donors (Lipinski definition) is 1. The fourth-order valence-corrected chi connectivity index (χ4v) is 3.75. The van der Waals surface area contributed by atoms with Crippen LogP contribution in [0.4, 0.5) is 5.69 Å². The minimum absolute atomic E-state index is 0.0620. The molecule has 23 heavy (non-hydrogen) atoms. The number of aryl methyl sites for hydroxylation is 1. The van der Waals surface area contributed by atoms with E-state index >= 15 is 0 Å². The molecule has 0 aliphatic carbocycles. The molecule has 0 aliphatic rings. The average molecular weight is 323 g/mol. The van der Waals surface area contributed by atoms with Crippen molar-refractivity contribution >= 4 is 39.1 Å². The maximum atomic E-state index is 11.7. The number of ketones is 1. The third-order valence-electron chi connectivity index (χ3n) is 3.72. The number of carbonyl (C=O) groups is 1. The lowest BCUT2D eigenvalue weighted by molar-refractivity contribution is -0.665. The number of nitrogens with one attached hydrogen (secondary N) is 1. The fourth-order valence-electron chi connectivity index (χ4n) is 2.62. The number of Topliss-reactive ketones (excluding diaryl/α,β-unsaturated/α-hetero) is 1. The quantitative estimate of drug-likeness (QED) is 0.554. The number of para-hydroxylation sites is 2. The summed E-state index contributed by atoms with van der Waals surface area (Å²) in [6, 6.07) is 16.0. The Balaban J connectivity index is 1.88. The van der Waals surface area contributed by atoms with Crippen LogP contribution in [-0.4, -0.2) is 5.78 Å². The van der Waals surface area contributed by atoms with Crippen LogP contribution in [0.3, 0.4) is 0 Å². The standard InChI is InChI=1S/C19H18N2OS/c1-3-21-17-10-6-7-11-18(17)23-19(21)12-13-20-16-9-5-4-8-15(16)14(2)22/h4-13H,3H2,1-2H3/p+1. The smallest absolute Gasteiger partial charge is 0.264 e. The molecule has 2 aromatic carbocycles. The Morgan fingerprint density at radius 2 is 1.91 bits per heavy atom. The van der Waals surface area contributed by atoms with Crippen LogP contribution in [0.1, 0.15) is 29.2 Å². The number of thiazole rings is 1. The molecule has 0 bridgehead atoms. The van der Waals surface area contributed by atoms with E-state index in [0.717, 1.165) is 12.2 Å². The van der Waals surface area contributed by atoms with E-state index in [1.807, 2.05) is 30.5 Å². The molecule has 0 radical (unpaired) electrons. The Hall–Kier alpha value is -2.46. The molecule has 0 saturated carbocycles. The maximum absolute atomic E-state index is 11.7. The van der Waals surface area contributed by atoms with Gasteiger partial charge in [-0.3, -0.25) is 4.79 Å². The summed E-state index contributed by atoms with van der Waals surface area (Å²) in [7, 11) is 0. The highest BCUT2D eigenvalue weighted by Crippen LogP contribution is 2.21. The van der Waals surface area contributed by atoms with E-state index in [1.54, 1.807) is 18.3 Å². The van der Waals surface area contributed by atoms with Gasteiger partial charge in [-0.2, -0.15) is 4.57 Å². The number of nitrogens with zero attached hydrogens (tertiary/aromatic N) is 1. The Morgan fingerprint density at radius 3 is 2.70 bits per heavy atom. The van der Waals surface area contributed by atoms with Crippen LogP contribution in [0.15, 0.2) is 54.7 Å².